The molecule has 0 N–H and O–H groups in total. The third kappa shape index (κ3) is 1.66. The fraction of sp³-hybridized carbons (Fsp3) is 0.889. The highest BCUT2D eigenvalue weighted by Gasteiger charge is 2.44. The Balaban J connectivity index is 1.99. The Morgan fingerprint density at radius 2 is 1.77 bits per heavy atom. The average Bonchev–Trinajstić information content (AvgIpc) is 2.85. The number of ether oxygens (including phenoxy) is 1. The molecule has 3 unspecified atom stereocenters. The first-order valence-electron chi connectivity index (χ1n) is 4.51. The van der Waals surface area contributed by atoms with Crippen LogP contribution < -0.4 is 0 Å². The zero-order chi connectivity index (χ0) is 9.42. The second-order valence-corrected chi connectivity index (χ2v) is 3.79. The van der Waals surface area contributed by atoms with Crippen LogP contribution in [0.25, 0.3) is 0 Å². The van der Waals surface area contributed by atoms with E-state index >= 15 is 0 Å². The van der Waals surface area contributed by atoms with E-state index < -0.39 is 18.3 Å². The lowest BCUT2D eigenvalue weighted by Gasteiger charge is -2.29. The fourth-order valence-corrected chi connectivity index (χ4v) is 1.99. The summed E-state index contributed by atoms with van der Waals surface area (Å²) >= 11 is 0. The van der Waals surface area contributed by atoms with Gasteiger partial charge in [-0.1, -0.05) is 0 Å². The van der Waals surface area contributed by atoms with Gasteiger partial charge in [-0.25, -0.2) is 8.78 Å². The van der Waals surface area contributed by atoms with Crippen molar-refractivity contribution in [1.82, 2.24) is 0 Å². The third-order valence-corrected chi connectivity index (χ3v) is 2.87. The number of rotatable bonds is 1. The summed E-state index contributed by atoms with van der Waals surface area (Å²) < 4.78 is 31.4. The van der Waals surface area contributed by atoms with Crippen molar-refractivity contribution in [3.05, 3.63) is 0 Å². The lowest BCUT2D eigenvalue weighted by molar-refractivity contribution is 0.0632. The van der Waals surface area contributed by atoms with E-state index in [-0.39, 0.29) is 24.9 Å². The van der Waals surface area contributed by atoms with Gasteiger partial charge in [0.1, 0.15) is 18.3 Å². The molecule has 72 valence electrons. The van der Waals surface area contributed by atoms with Gasteiger partial charge >= 0.3 is 0 Å². The zero-order valence-corrected chi connectivity index (χ0v) is 7.12. The van der Waals surface area contributed by atoms with E-state index in [9.17, 15) is 8.78 Å². The van der Waals surface area contributed by atoms with E-state index in [1.807, 2.05) is 0 Å². The van der Waals surface area contributed by atoms with Crippen molar-refractivity contribution in [1.29, 1.82) is 5.26 Å². The second kappa shape index (κ2) is 3.22. The van der Waals surface area contributed by atoms with Crippen LogP contribution in [-0.4, -0.2) is 25.1 Å². The Morgan fingerprint density at radius 3 is 2.15 bits per heavy atom. The first kappa shape index (κ1) is 8.89. The number of halogens is 2. The molecule has 1 saturated carbocycles. The Kier molecular flexibility index (Phi) is 2.20. The van der Waals surface area contributed by atoms with E-state index in [1.165, 1.54) is 0 Å². The molecule has 1 aliphatic heterocycles. The van der Waals surface area contributed by atoms with Crippen molar-refractivity contribution in [3.63, 3.8) is 0 Å². The van der Waals surface area contributed by atoms with Crippen LogP contribution in [0, 0.1) is 23.2 Å². The Labute approximate surface area is 75.5 Å². The van der Waals surface area contributed by atoms with Gasteiger partial charge in [0, 0.05) is 0 Å². The number of nitrogens with zero attached hydrogens (tertiary/aromatic N) is 1. The minimum Gasteiger partial charge on any atom is -0.373 e. The molecule has 2 nitrogen and oxygen atoms in total. The summed E-state index contributed by atoms with van der Waals surface area (Å²) in [5.41, 5.74) is 0. The van der Waals surface area contributed by atoms with E-state index in [0.717, 1.165) is 0 Å². The molecular weight excluding hydrogens is 176 g/mol. The number of nitriles is 1. The van der Waals surface area contributed by atoms with Gasteiger partial charge in [-0.2, -0.15) is 5.26 Å². The van der Waals surface area contributed by atoms with Gasteiger partial charge in [0.15, 0.2) is 0 Å². The molecule has 3 atom stereocenters. The van der Waals surface area contributed by atoms with Crippen molar-refractivity contribution in [2.75, 3.05) is 6.61 Å². The topological polar surface area (TPSA) is 36.3 Å². The maximum atomic E-state index is 13.2. The highest BCUT2D eigenvalue weighted by molar-refractivity contribution is 5.01. The van der Waals surface area contributed by atoms with Crippen LogP contribution in [0.3, 0.4) is 0 Å². The summed E-state index contributed by atoms with van der Waals surface area (Å²) in [5, 5.41) is 8.51. The highest BCUT2D eigenvalue weighted by Crippen LogP contribution is 2.38. The number of alkyl halides is 2. The SMILES string of the molecule is N#CC1C(F)CC(C2CO2)CC1F. The monoisotopic (exact) mass is 187 g/mol. The molecule has 1 heterocycles. The fourth-order valence-electron chi connectivity index (χ4n) is 1.99. The third-order valence-electron chi connectivity index (χ3n) is 2.87. The van der Waals surface area contributed by atoms with E-state index in [1.54, 1.807) is 6.07 Å². The molecule has 0 bridgehead atoms. The Hall–Kier alpha value is -0.690. The van der Waals surface area contributed by atoms with Crippen molar-refractivity contribution in [2.45, 2.75) is 31.3 Å². The minimum atomic E-state index is -1.32. The molecule has 0 aromatic rings. The van der Waals surface area contributed by atoms with Gasteiger partial charge in [-0.15, -0.1) is 0 Å². The molecule has 0 amide bonds. The van der Waals surface area contributed by atoms with Crippen molar-refractivity contribution < 1.29 is 13.5 Å². The van der Waals surface area contributed by atoms with Gasteiger partial charge in [-0.05, 0) is 18.8 Å². The standard InChI is InChI=1S/C9H11F2NO/c10-7-1-5(9-4-13-9)2-8(11)6(7)3-12/h5-9H,1-2,4H2. The number of hydrogen-bond acceptors (Lipinski definition) is 2. The summed E-state index contributed by atoms with van der Waals surface area (Å²) in [7, 11) is 0. The normalized spacial score (nSPS) is 49.8. The maximum absolute atomic E-state index is 13.2. The Morgan fingerprint density at radius 1 is 1.23 bits per heavy atom. The first-order chi connectivity index (χ1) is 6.22. The zero-order valence-electron chi connectivity index (χ0n) is 7.12. The van der Waals surface area contributed by atoms with Gasteiger partial charge in [0.2, 0.25) is 0 Å². The van der Waals surface area contributed by atoms with Crippen LogP contribution in [0.4, 0.5) is 8.78 Å². The Bertz CT molecular complexity index is 224. The summed E-state index contributed by atoms with van der Waals surface area (Å²) in [6, 6.07) is 1.69. The van der Waals surface area contributed by atoms with E-state index in [0.29, 0.717) is 6.61 Å². The van der Waals surface area contributed by atoms with Crippen molar-refractivity contribution in [2.24, 2.45) is 11.8 Å². The molecule has 4 heteroatoms. The predicted octanol–water partition coefficient (Wildman–Crippen LogP) is 1.61. The molecular formula is C9H11F2NO. The average molecular weight is 187 g/mol. The summed E-state index contributed by atoms with van der Waals surface area (Å²) in [5.74, 6) is -1.08. The molecule has 13 heavy (non-hydrogen) atoms. The van der Waals surface area contributed by atoms with Gasteiger partial charge in [-0.3, -0.25) is 0 Å². The first-order valence-corrected chi connectivity index (χ1v) is 4.51. The molecule has 1 saturated heterocycles. The second-order valence-electron chi connectivity index (χ2n) is 3.79. The van der Waals surface area contributed by atoms with Crippen molar-refractivity contribution >= 4 is 0 Å². The molecule has 0 aromatic carbocycles. The molecule has 2 rings (SSSR count). The molecule has 2 fully saturated rings. The van der Waals surface area contributed by atoms with Crippen LogP contribution in [0.15, 0.2) is 0 Å². The van der Waals surface area contributed by atoms with Crippen LogP contribution >= 0.6 is 0 Å². The molecule has 1 aliphatic carbocycles. The van der Waals surface area contributed by atoms with Crippen LogP contribution in [0.2, 0.25) is 0 Å². The van der Waals surface area contributed by atoms with E-state index in [2.05, 4.69) is 0 Å². The van der Waals surface area contributed by atoms with E-state index in [4.69, 9.17) is 10.00 Å². The molecule has 0 radical (unpaired) electrons. The predicted molar refractivity (Wildman–Crippen MR) is 41.4 cm³/mol. The van der Waals surface area contributed by atoms with Gasteiger partial charge in [0.25, 0.3) is 0 Å². The van der Waals surface area contributed by atoms with Crippen molar-refractivity contribution in [3.8, 4) is 6.07 Å². The van der Waals surface area contributed by atoms with Crippen LogP contribution in [0.1, 0.15) is 12.8 Å². The quantitative estimate of drug-likeness (QED) is 0.585. The smallest absolute Gasteiger partial charge is 0.119 e. The number of hydrogen-bond donors (Lipinski definition) is 0. The molecule has 0 spiro atoms. The highest BCUT2D eigenvalue weighted by atomic mass is 19.1. The number of epoxide rings is 1. The maximum Gasteiger partial charge on any atom is 0.119 e. The van der Waals surface area contributed by atoms with Crippen LogP contribution in [0.5, 0.6) is 0 Å². The summed E-state index contributed by atoms with van der Waals surface area (Å²) in [6.45, 7) is 0.626. The lowest BCUT2D eigenvalue weighted by Crippen LogP contribution is -2.36. The van der Waals surface area contributed by atoms with Gasteiger partial charge in [0.05, 0.1) is 18.8 Å². The molecule has 2 aliphatic rings. The van der Waals surface area contributed by atoms with Gasteiger partial charge < -0.3 is 4.74 Å². The summed E-state index contributed by atoms with van der Waals surface area (Å²) in [4.78, 5) is 0. The minimum absolute atomic E-state index is 0.0189. The van der Waals surface area contributed by atoms with Crippen LogP contribution in [-0.2, 0) is 4.74 Å². The molecule has 0 aromatic heterocycles. The summed E-state index contributed by atoms with van der Waals surface area (Å²) in [6.07, 6.45) is -2.02. The lowest BCUT2D eigenvalue weighted by atomic mass is 9.78. The largest absolute Gasteiger partial charge is 0.373 e.